The maximum atomic E-state index is 11.5. The lowest BCUT2D eigenvalue weighted by Crippen LogP contribution is -2.42. The SMILES string of the molecule is O=C(O)CCC(NC(=O)Oc1ccc([N+](=O)[O-])cc1)C(=O)O. The summed E-state index contributed by atoms with van der Waals surface area (Å²) in [6.45, 7) is 0. The molecule has 0 aliphatic rings. The van der Waals surface area contributed by atoms with Crippen LogP contribution < -0.4 is 10.1 Å². The van der Waals surface area contributed by atoms with E-state index in [4.69, 9.17) is 14.9 Å². The first kappa shape index (κ1) is 16.9. The first-order valence-electron chi connectivity index (χ1n) is 5.97. The first-order chi connectivity index (χ1) is 10.3. The molecule has 0 aliphatic heterocycles. The summed E-state index contributed by atoms with van der Waals surface area (Å²) in [7, 11) is 0. The molecule has 0 aliphatic carbocycles. The number of non-ortho nitro benzene ring substituents is 1. The van der Waals surface area contributed by atoms with Gasteiger partial charge in [0.05, 0.1) is 4.92 Å². The van der Waals surface area contributed by atoms with Crippen molar-refractivity contribution in [3.63, 3.8) is 0 Å². The number of ether oxygens (including phenoxy) is 1. The highest BCUT2D eigenvalue weighted by Gasteiger charge is 2.22. The number of benzene rings is 1. The van der Waals surface area contributed by atoms with Crippen LogP contribution in [0.4, 0.5) is 10.5 Å². The minimum atomic E-state index is -1.42. The molecule has 0 heterocycles. The van der Waals surface area contributed by atoms with Crippen LogP contribution in [0.25, 0.3) is 0 Å². The number of hydrogen-bond donors (Lipinski definition) is 3. The van der Waals surface area contributed by atoms with Gasteiger partial charge in [-0.15, -0.1) is 0 Å². The van der Waals surface area contributed by atoms with Gasteiger partial charge >= 0.3 is 18.0 Å². The highest BCUT2D eigenvalue weighted by molar-refractivity contribution is 5.81. The van der Waals surface area contributed by atoms with Gasteiger partial charge in [0.15, 0.2) is 0 Å². The van der Waals surface area contributed by atoms with Crippen molar-refractivity contribution in [1.82, 2.24) is 5.32 Å². The lowest BCUT2D eigenvalue weighted by Gasteiger charge is -2.13. The van der Waals surface area contributed by atoms with Crippen molar-refractivity contribution in [2.45, 2.75) is 18.9 Å². The van der Waals surface area contributed by atoms with E-state index in [2.05, 4.69) is 0 Å². The zero-order valence-corrected chi connectivity index (χ0v) is 11.1. The lowest BCUT2D eigenvalue weighted by atomic mass is 10.1. The minimum Gasteiger partial charge on any atom is -0.481 e. The third-order valence-corrected chi connectivity index (χ3v) is 2.50. The highest BCUT2D eigenvalue weighted by atomic mass is 16.6. The summed E-state index contributed by atoms with van der Waals surface area (Å²) in [6, 6.07) is 3.15. The number of carboxylic acids is 2. The predicted octanol–water partition coefficient (Wildman–Crippen LogP) is 1.00. The molecule has 0 aromatic heterocycles. The van der Waals surface area contributed by atoms with Gasteiger partial charge in [-0.1, -0.05) is 0 Å². The van der Waals surface area contributed by atoms with Crippen LogP contribution in [-0.2, 0) is 9.59 Å². The van der Waals surface area contributed by atoms with Crippen molar-refractivity contribution >= 4 is 23.7 Å². The summed E-state index contributed by atoms with van der Waals surface area (Å²) in [5.41, 5.74) is -0.197. The van der Waals surface area contributed by atoms with Gasteiger partial charge in [-0.05, 0) is 18.6 Å². The van der Waals surface area contributed by atoms with E-state index in [-0.39, 0.29) is 17.9 Å². The number of carboxylic acid groups (broad SMARTS) is 2. The van der Waals surface area contributed by atoms with Gasteiger partial charge in [-0.2, -0.15) is 0 Å². The molecule has 1 atom stereocenters. The molecule has 1 amide bonds. The molecule has 1 unspecified atom stereocenters. The van der Waals surface area contributed by atoms with Crippen molar-refractivity contribution in [3.8, 4) is 5.75 Å². The second kappa shape index (κ2) is 7.57. The Kier molecular flexibility index (Phi) is 5.81. The molecule has 1 rings (SSSR count). The standard InChI is InChI=1S/C12H12N2O8/c15-10(16)6-5-9(11(17)18)13-12(19)22-8-3-1-7(2-4-8)14(20)21/h1-4,9H,5-6H2,(H,13,19)(H,15,16)(H,17,18). The molecule has 0 spiro atoms. The molecule has 1 aromatic rings. The van der Waals surface area contributed by atoms with Crippen LogP contribution in [0.15, 0.2) is 24.3 Å². The molecule has 10 heteroatoms. The molecule has 22 heavy (non-hydrogen) atoms. The average Bonchev–Trinajstić information content (AvgIpc) is 2.43. The summed E-state index contributed by atoms with van der Waals surface area (Å²) in [5.74, 6) is -2.62. The van der Waals surface area contributed by atoms with Crippen molar-refractivity contribution in [2.75, 3.05) is 0 Å². The molecular weight excluding hydrogens is 300 g/mol. The Morgan fingerprint density at radius 2 is 1.82 bits per heavy atom. The van der Waals surface area contributed by atoms with Gasteiger partial charge in [0.1, 0.15) is 11.8 Å². The van der Waals surface area contributed by atoms with Crippen LogP contribution in [0.2, 0.25) is 0 Å². The zero-order chi connectivity index (χ0) is 16.7. The number of hydrogen-bond acceptors (Lipinski definition) is 6. The second-order valence-electron chi connectivity index (χ2n) is 4.11. The quantitative estimate of drug-likeness (QED) is 0.497. The summed E-state index contributed by atoms with van der Waals surface area (Å²) in [6.07, 6.45) is -1.85. The van der Waals surface area contributed by atoms with Crippen molar-refractivity contribution in [2.24, 2.45) is 0 Å². The van der Waals surface area contributed by atoms with E-state index in [1.54, 1.807) is 0 Å². The molecular formula is C12H12N2O8. The van der Waals surface area contributed by atoms with E-state index < -0.39 is 35.4 Å². The third-order valence-electron chi connectivity index (χ3n) is 2.50. The zero-order valence-electron chi connectivity index (χ0n) is 11.1. The lowest BCUT2D eigenvalue weighted by molar-refractivity contribution is -0.384. The fraction of sp³-hybridized carbons (Fsp3) is 0.250. The predicted molar refractivity (Wildman–Crippen MR) is 70.5 cm³/mol. The van der Waals surface area contributed by atoms with Gasteiger partial charge in [0.2, 0.25) is 0 Å². The normalized spacial score (nSPS) is 11.3. The fourth-order valence-electron chi connectivity index (χ4n) is 1.44. The topological polar surface area (TPSA) is 156 Å². The largest absolute Gasteiger partial charge is 0.481 e. The van der Waals surface area contributed by atoms with Crippen LogP contribution in [0.3, 0.4) is 0 Å². The Bertz CT molecular complexity index is 583. The van der Waals surface area contributed by atoms with Crippen LogP contribution in [0.5, 0.6) is 5.75 Å². The van der Waals surface area contributed by atoms with Crippen molar-refractivity contribution < 1.29 is 34.3 Å². The second-order valence-corrected chi connectivity index (χ2v) is 4.11. The molecule has 0 saturated carbocycles. The number of nitro benzene ring substituents is 1. The number of nitrogens with one attached hydrogen (secondary N) is 1. The van der Waals surface area contributed by atoms with Crippen LogP contribution in [0.1, 0.15) is 12.8 Å². The average molecular weight is 312 g/mol. The molecule has 3 N–H and O–H groups in total. The van der Waals surface area contributed by atoms with Crippen LogP contribution in [-0.4, -0.2) is 39.2 Å². The van der Waals surface area contributed by atoms with Crippen molar-refractivity contribution in [3.05, 3.63) is 34.4 Å². The van der Waals surface area contributed by atoms with Crippen LogP contribution >= 0.6 is 0 Å². The van der Waals surface area contributed by atoms with Gasteiger partial charge in [-0.3, -0.25) is 14.9 Å². The Morgan fingerprint density at radius 3 is 2.27 bits per heavy atom. The third kappa shape index (κ3) is 5.45. The minimum absolute atomic E-state index is 0.0227. The number of aliphatic carboxylic acids is 2. The van der Waals surface area contributed by atoms with E-state index in [9.17, 15) is 24.5 Å². The number of carbonyl (C=O) groups is 3. The summed E-state index contributed by atoms with van der Waals surface area (Å²) < 4.78 is 4.75. The van der Waals surface area contributed by atoms with Crippen LogP contribution in [0, 0.1) is 10.1 Å². The first-order valence-corrected chi connectivity index (χ1v) is 5.97. The number of amides is 1. The van der Waals surface area contributed by atoms with Gasteiger partial charge in [0, 0.05) is 18.6 Å². The number of nitro groups is 1. The molecule has 0 saturated heterocycles. The summed E-state index contributed by atoms with van der Waals surface area (Å²) >= 11 is 0. The highest BCUT2D eigenvalue weighted by Crippen LogP contribution is 2.17. The fourth-order valence-corrected chi connectivity index (χ4v) is 1.44. The van der Waals surface area contributed by atoms with E-state index in [0.29, 0.717) is 0 Å². The number of rotatable bonds is 7. The smallest absolute Gasteiger partial charge is 0.413 e. The van der Waals surface area contributed by atoms with Crippen molar-refractivity contribution in [1.29, 1.82) is 0 Å². The van der Waals surface area contributed by atoms with Gasteiger partial charge in [0.25, 0.3) is 5.69 Å². The van der Waals surface area contributed by atoms with E-state index in [0.717, 1.165) is 12.1 Å². The molecule has 0 bridgehead atoms. The summed E-state index contributed by atoms with van der Waals surface area (Å²) in [4.78, 5) is 42.6. The Labute approximate surface area is 123 Å². The number of carbonyl (C=O) groups excluding carboxylic acids is 1. The maximum absolute atomic E-state index is 11.5. The number of nitrogens with zero attached hydrogens (tertiary/aromatic N) is 1. The Hall–Kier alpha value is -3.17. The monoisotopic (exact) mass is 312 g/mol. The maximum Gasteiger partial charge on any atom is 0.413 e. The molecule has 0 fully saturated rings. The van der Waals surface area contributed by atoms with E-state index in [1.165, 1.54) is 12.1 Å². The van der Waals surface area contributed by atoms with Gasteiger partial charge in [-0.25, -0.2) is 9.59 Å². The Morgan fingerprint density at radius 1 is 1.23 bits per heavy atom. The molecule has 10 nitrogen and oxygen atoms in total. The van der Waals surface area contributed by atoms with E-state index >= 15 is 0 Å². The molecule has 118 valence electrons. The Balaban J connectivity index is 2.61. The summed E-state index contributed by atoms with van der Waals surface area (Å²) in [5, 5.41) is 29.8. The van der Waals surface area contributed by atoms with E-state index in [1.807, 2.05) is 5.32 Å². The molecule has 0 radical (unpaired) electrons. The van der Waals surface area contributed by atoms with Gasteiger partial charge < -0.3 is 20.3 Å². The molecule has 1 aromatic carbocycles.